The minimum absolute atomic E-state index is 0.795. The lowest BCUT2D eigenvalue weighted by Crippen LogP contribution is -2.11. The summed E-state index contributed by atoms with van der Waals surface area (Å²) >= 11 is 9.63. The van der Waals surface area contributed by atoms with E-state index in [2.05, 4.69) is 50.2 Å². The Morgan fingerprint density at radius 3 is 2.88 bits per heavy atom. The van der Waals surface area contributed by atoms with Gasteiger partial charge in [-0.1, -0.05) is 33.6 Å². The highest BCUT2D eigenvalue weighted by Gasteiger charge is 2.04. The average molecular weight is 314 g/mol. The van der Waals surface area contributed by atoms with Crippen molar-refractivity contribution in [3.05, 3.63) is 57.3 Å². The smallest absolute Gasteiger partial charge is 0.0488 e. The Hall–Kier alpha value is -0.770. The third-order valence-corrected chi connectivity index (χ3v) is 3.48. The topological polar surface area (TPSA) is 17.0 Å². The van der Waals surface area contributed by atoms with Crippen LogP contribution in [0.1, 0.15) is 11.3 Å². The first-order valence-electron chi connectivity index (χ1n) is 5.43. The standard InChI is InChI=1S/C13H14BrClN2/c1-16-8-12-3-2-6-17(12)9-10-4-5-11(14)7-13(10)15/h2-7,16H,8-9H2,1H3. The third kappa shape index (κ3) is 3.12. The van der Waals surface area contributed by atoms with E-state index >= 15 is 0 Å². The van der Waals surface area contributed by atoms with Crippen molar-refractivity contribution < 1.29 is 0 Å². The zero-order valence-corrected chi connectivity index (χ0v) is 11.9. The number of hydrogen-bond acceptors (Lipinski definition) is 1. The summed E-state index contributed by atoms with van der Waals surface area (Å²) in [4.78, 5) is 0. The molecule has 2 aromatic rings. The molecule has 1 N–H and O–H groups in total. The Balaban J connectivity index is 2.22. The summed E-state index contributed by atoms with van der Waals surface area (Å²) in [5, 5.41) is 3.95. The maximum absolute atomic E-state index is 6.22. The number of rotatable bonds is 4. The number of aromatic nitrogens is 1. The number of hydrogen-bond donors (Lipinski definition) is 1. The van der Waals surface area contributed by atoms with Crippen LogP contribution >= 0.6 is 27.5 Å². The van der Waals surface area contributed by atoms with Crippen molar-refractivity contribution in [1.29, 1.82) is 0 Å². The number of halogens is 2. The van der Waals surface area contributed by atoms with Gasteiger partial charge in [0.15, 0.2) is 0 Å². The zero-order chi connectivity index (χ0) is 12.3. The van der Waals surface area contributed by atoms with Crippen molar-refractivity contribution >= 4 is 27.5 Å². The van der Waals surface area contributed by atoms with Gasteiger partial charge in [0.2, 0.25) is 0 Å². The molecule has 0 fully saturated rings. The molecule has 1 heterocycles. The van der Waals surface area contributed by atoms with Gasteiger partial charge in [0.1, 0.15) is 0 Å². The maximum atomic E-state index is 6.22. The van der Waals surface area contributed by atoms with E-state index in [0.717, 1.165) is 28.1 Å². The van der Waals surface area contributed by atoms with Gasteiger partial charge in [-0.25, -0.2) is 0 Å². The predicted octanol–water partition coefficient (Wildman–Crippen LogP) is 3.67. The fourth-order valence-corrected chi connectivity index (χ4v) is 2.51. The molecule has 1 aromatic carbocycles. The molecule has 4 heteroatoms. The maximum Gasteiger partial charge on any atom is 0.0488 e. The fourth-order valence-electron chi connectivity index (χ4n) is 1.78. The second-order valence-corrected chi connectivity index (χ2v) is 5.22. The van der Waals surface area contributed by atoms with Crippen molar-refractivity contribution in [2.45, 2.75) is 13.1 Å². The molecule has 0 amide bonds. The van der Waals surface area contributed by atoms with Crippen LogP contribution in [0.4, 0.5) is 0 Å². The second-order valence-electron chi connectivity index (χ2n) is 3.89. The minimum Gasteiger partial charge on any atom is -0.346 e. The van der Waals surface area contributed by atoms with Gasteiger partial charge in [-0.05, 0) is 36.9 Å². The molecular formula is C13H14BrClN2. The molecule has 0 aliphatic rings. The molecule has 0 spiro atoms. The van der Waals surface area contributed by atoms with Crippen molar-refractivity contribution in [2.75, 3.05) is 7.05 Å². The highest BCUT2D eigenvalue weighted by atomic mass is 79.9. The Labute approximate surface area is 115 Å². The number of nitrogens with zero attached hydrogens (tertiary/aromatic N) is 1. The van der Waals surface area contributed by atoms with Crippen molar-refractivity contribution in [3.8, 4) is 0 Å². The van der Waals surface area contributed by atoms with Crippen LogP contribution in [0.25, 0.3) is 0 Å². The van der Waals surface area contributed by atoms with Gasteiger partial charge in [0.25, 0.3) is 0 Å². The quantitative estimate of drug-likeness (QED) is 0.911. The highest BCUT2D eigenvalue weighted by Crippen LogP contribution is 2.22. The summed E-state index contributed by atoms with van der Waals surface area (Å²) in [5.41, 5.74) is 2.38. The molecule has 0 aliphatic carbocycles. The lowest BCUT2D eigenvalue weighted by atomic mass is 10.2. The predicted molar refractivity (Wildman–Crippen MR) is 75.4 cm³/mol. The second kappa shape index (κ2) is 5.71. The monoisotopic (exact) mass is 312 g/mol. The Morgan fingerprint density at radius 1 is 1.35 bits per heavy atom. The SMILES string of the molecule is CNCc1cccn1Cc1ccc(Br)cc1Cl. The molecule has 0 bridgehead atoms. The zero-order valence-electron chi connectivity index (χ0n) is 9.58. The van der Waals surface area contributed by atoms with E-state index < -0.39 is 0 Å². The van der Waals surface area contributed by atoms with Gasteiger partial charge in [-0.3, -0.25) is 0 Å². The lowest BCUT2D eigenvalue weighted by Gasteiger charge is -2.10. The molecule has 0 unspecified atom stereocenters. The number of benzene rings is 1. The van der Waals surface area contributed by atoms with Gasteiger partial charge in [-0.2, -0.15) is 0 Å². The van der Waals surface area contributed by atoms with Crippen LogP contribution < -0.4 is 5.32 Å². The van der Waals surface area contributed by atoms with E-state index in [4.69, 9.17) is 11.6 Å². The summed E-state index contributed by atoms with van der Waals surface area (Å²) in [6.07, 6.45) is 2.07. The third-order valence-electron chi connectivity index (χ3n) is 2.64. The van der Waals surface area contributed by atoms with Crippen LogP contribution in [0.3, 0.4) is 0 Å². The van der Waals surface area contributed by atoms with E-state index in [1.165, 1.54) is 5.69 Å². The molecule has 17 heavy (non-hydrogen) atoms. The van der Waals surface area contributed by atoms with Crippen LogP contribution in [0.5, 0.6) is 0 Å². The van der Waals surface area contributed by atoms with Gasteiger partial charge < -0.3 is 9.88 Å². The van der Waals surface area contributed by atoms with Crippen LogP contribution in [-0.4, -0.2) is 11.6 Å². The molecule has 0 atom stereocenters. The number of nitrogens with one attached hydrogen (secondary N) is 1. The fraction of sp³-hybridized carbons (Fsp3) is 0.231. The average Bonchev–Trinajstić information content (AvgIpc) is 2.71. The van der Waals surface area contributed by atoms with Gasteiger partial charge in [-0.15, -0.1) is 0 Å². The summed E-state index contributed by atoms with van der Waals surface area (Å²) in [5.74, 6) is 0. The lowest BCUT2D eigenvalue weighted by molar-refractivity contribution is 0.694. The van der Waals surface area contributed by atoms with E-state index in [0.29, 0.717) is 0 Å². The van der Waals surface area contributed by atoms with Crippen LogP contribution in [0.2, 0.25) is 5.02 Å². The van der Waals surface area contributed by atoms with Crippen molar-refractivity contribution in [2.24, 2.45) is 0 Å². The van der Waals surface area contributed by atoms with Crippen molar-refractivity contribution in [3.63, 3.8) is 0 Å². The van der Waals surface area contributed by atoms with Gasteiger partial charge in [0.05, 0.1) is 0 Å². The largest absolute Gasteiger partial charge is 0.346 e. The van der Waals surface area contributed by atoms with Crippen molar-refractivity contribution in [1.82, 2.24) is 9.88 Å². The highest BCUT2D eigenvalue weighted by molar-refractivity contribution is 9.10. The van der Waals surface area contributed by atoms with Crippen LogP contribution in [-0.2, 0) is 13.1 Å². The van der Waals surface area contributed by atoms with E-state index in [1.807, 2.05) is 19.2 Å². The Morgan fingerprint density at radius 2 is 2.18 bits per heavy atom. The first-order chi connectivity index (χ1) is 8.20. The van der Waals surface area contributed by atoms with Crippen LogP contribution in [0, 0.1) is 0 Å². The van der Waals surface area contributed by atoms with Gasteiger partial charge >= 0.3 is 0 Å². The molecular weight excluding hydrogens is 300 g/mol. The summed E-state index contributed by atoms with van der Waals surface area (Å²) < 4.78 is 3.21. The van der Waals surface area contributed by atoms with E-state index in [-0.39, 0.29) is 0 Å². The Kier molecular flexibility index (Phi) is 4.26. The first kappa shape index (κ1) is 12.7. The molecule has 1 aromatic heterocycles. The normalized spacial score (nSPS) is 10.8. The summed E-state index contributed by atoms with van der Waals surface area (Å²) in [6, 6.07) is 10.2. The first-order valence-corrected chi connectivity index (χ1v) is 6.60. The molecule has 0 saturated carbocycles. The summed E-state index contributed by atoms with van der Waals surface area (Å²) in [6.45, 7) is 1.66. The summed E-state index contributed by atoms with van der Waals surface area (Å²) in [7, 11) is 1.95. The van der Waals surface area contributed by atoms with E-state index in [9.17, 15) is 0 Å². The minimum atomic E-state index is 0.795. The molecule has 2 rings (SSSR count). The molecule has 0 aliphatic heterocycles. The van der Waals surface area contributed by atoms with Gasteiger partial charge in [0, 0.05) is 34.5 Å². The molecule has 0 saturated heterocycles. The molecule has 2 nitrogen and oxygen atoms in total. The molecule has 0 radical (unpaired) electrons. The molecule has 90 valence electrons. The van der Waals surface area contributed by atoms with Crippen LogP contribution in [0.15, 0.2) is 41.0 Å². The Bertz CT molecular complexity index is 508. The van der Waals surface area contributed by atoms with E-state index in [1.54, 1.807) is 0 Å².